The Balaban J connectivity index is 1.62. The fraction of sp³-hybridized carbons (Fsp3) is 0.412. The average Bonchev–Trinajstić information content (AvgIpc) is 3.23. The number of para-hydroxylation sites is 2. The van der Waals surface area contributed by atoms with E-state index in [2.05, 4.69) is 33.7 Å². The number of aromatic nitrogens is 3. The monoisotopic (exact) mass is 295 g/mol. The molecule has 21 heavy (non-hydrogen) atoms. The molecule has 2 fully saturated rings. The van der Waals surface area contributed by atoms with Crippen LogP contribution in [0.15, 0.2) is 41.8 Å². The molecule has 5 rings (SSSR count). The highest BCUT2D eigenvalue weighted by Gasteiger charge is 2.40. The Kier molecular flexibility index (Phi) is 2.56. The van der Waals surface area contributed by atoms with E-state index >= 15 is 0 Å². The van der Waals surface area contributed by atoms with Crippen LogP contribution >= 0.6 is 11.8 Å². The lowest BCUT2D eigenvalue weighted by Gasteiger charge is -2.21. The molecule has 2 aliphatic rings. The molecule has 2 aliphatic carbocycles. The molecule has 0 radical (unpaired) electrons. The van der Waals surface area contributed by atoms with Crippen molar-refractivity contribution in [1.82, 2.24) is 14.4 Å². The van der Waals surface area contributed by atoms with Gasteiger partial charge in [-0.3, -0.25) is 4.40 Å². The van der Waals surface area contributed by atoms with Gasteiger partial charge in [-0.05, 0) is 43.2 Å². The van der Waals surface area contributed by atoms with Crippen molar-refractivity contribution >= 4 is 28.3 Å². The van der Waals surface area contributed by atoms with Crippen LogP contribution in [0.5, 0.6) is 0 Å². The molecule has 0 aliphatic heterocycles. The third-order valence-corrected chi connectivity index (χ3v) is 6.56. The molecular weight excluding hydrogens is 278 g/mol. The average molecular weight is 295 g/mol. The summed E-state index contributed by atoms with van der Waals surface area (Å²) in [5.41, 5.74) is 3.36. The van der Waals surface area contributed by atoms with Crippen LogP contribution in [0.25, 0.3) is 16.6 Å². The van der Waals surface area contributed by atoms with Gasteiger partial charge in [-0.25, -0.2) is 9.97 Å². The van der Waals surface area contributed by atoms with Gasteiger partial charge < -0.3 is 0 Å². The lowest BCUT2D eigenvalue weighted by molar-refractivity contribution is 0.492. The first-order valence-electron chi connectivity index (χ1n) is 7.76. The summed E-state index contributed by atoms with van der Waals surface area (Å²) in [6.45, 7) is 0. The molecule has 2 aromatic heterocycles. The van der Waals surface area contributed by atoms with Crippen LogP contribution in [-0.2, 0) is 0 Å². The Morgan fingerprint density at radius 2 is 2.05 bits per heavy atom. The van der Waals surface area contributed by atoms with Gasteiger partial charge in [0.25, 0.3) is 0 Å². The number of hydrogen-bond acceptors (Lipinski definition) is 3. The fourth-order valence-corrected chi connectivity index (χ4v) is 5.65. The van der Waals surface area contributed by atoms with Gasteiger partial charge in [0.2, 0.25) is 0 Å². The van der Waals surface area contributed by atoms with Gasteiger partial charge in [0.05, 0.1) is 29.1 Å². The van der Waals surface area contributed by atoms with Crippen LogP contribution in [0.1, 0.15) is 25.7 Å². The first kappa shape index (κ1) is 12.0. The summed E-state index contributed by atoms with van der Waals surface area (Å²) >= 11 is 1.99. The highest BCUT2D eigenvalue weighted by Crippen LogP contribution is 2.51. The number of hydrogen-bond donors (Lipinski definition) is 0. The Bertz CT molecular complexity index is 825. The van der Waals surface area contributed by atoms with Crippen LogP contribution in [0.2, 0.25) is 0 Å². The number of rotatable bonds is 2. The number of thioether (sulfide) groups is 1. The summed E-state index contributed by atoms with van der Waals surface area (Å²) in [5.74, 6) is 1.89. The van der Waals surface area contributed by atoms with E-state index in [4.69, 9.17) is 4.98 Å². The van der Waals surface area contributed by atoms with E-state index in [0.29, 0.717) is 0 Å². The fourth-order valence-electron chi connectivity index (χ4n) is 4.14. The van der Waals surface area contributed by atoms with E-state index in [0.717, 1.165) is 38.7 Å². The largest absolute Gasteiger partial charge is 0.295 e. The lowest BCUT2D eigenvalue weighted by Crippen LogP contribution is -2.12. The third-order valence-electron chi connectivity index (χ3n) is 5.16. The van der Waals surface area contributed by atoms with Gasteiger partial charge in [0, 0.05) is 5.25 Å². The molecule has 2 heterocycles. The SMILES string of the molecule is c1ccc2c(c1)nc(S[C@@H]1C[C@H]3CC[C@@H]1C3)c1cncn12. The van der Waals surface area contributed by atoms with Crippen LogP contribution < -0.4 is 0 Å². The number of nitrogens with zero attached hydrogens (tertiary/aromatic N) is 3. The predicted octanol–water partition coefficient (Wildman–Crippen LogP) is 4.16. The normalized spacial score (nSPS) is 27.9. The zero-order valence-corrected chi connectivity index (χ0v) is 12.6. The van der Waals surface area contributed by atoms with Crippen LogP contribution in [-0.4, -0.2) is 19.6 Å². The van der Waals surface area contributed by atoms with E-state index in [1.807, 2.05) is 24.3 Å². The lowest BCUT2D eigenvalue weighted by atomic mass is 10.0. The van der Waals surface area contributed by atoms with E-state index in [1.165, 1.54) is 25.7 Å². The number of benzene rings is 1. The maximum absolute atomic E-state index is 4.92. The molecule has 2 bridgehead atoms. The van der Waals surface area contributed by atoms with Gasteiger partial charge in [0.15, 0.2) is 0 Å². The summed E-state index contributed by atoms with van der Waals surface area (Å²) < 4.78 is 2.18. The Labute approximate surface area is 127 Å². The summed E-state index contributed by atoms with van der Waals surface area (Å²) in [5, 5.41) is 1.92. The van der Waals surface area contributed by atoms with E-state index in [-0.39, 0.29) is 0 Å². The van der Waals surface area contributed by atoms with Crippen molar-refractivity contribution in [2.24, 2.45) is 11.8 Å². The Hall–Kier alpha value is -1.55. The molecule has 0 N–H and O–H groups in total. The molecule has 0 saturated heterocycles. The zero-order valence-electron chi connectivity index (χ0n) is 11.8. The van der Waals surface area contributed by atoms with Gasteiger partial charge in [-0.2, -0.15) is 0 Å². The highest BCUT2D eigenvalue weighted by atomic mass is 32.2. The topological polar surface area (TPSA) is 30.2 Å². The molecular formula is C17H17N3S. The summed E-state index contributed by atoms with van der Waals surface area (Å²) in [6.07, 6.45) is 9.56. The molecule has 1 aromatic carbocycles. The molecule has 4 heteroatoms. The summed E-state index contributed by atoms with van der Waals surface area (Å²) in [4.78, 5) is 9.27. The van der Waals surface area contributed by atoms with Crippen molar-refractivity contribution in [1.29, 1.82) is 0 Å². The molecule has 3 atom stereocenters. The van der Waals surface area contributed by atoms with Gasteiger partial charge >= 0.3 is 0 Å². The van der Waals surface area contributed by atoms with Gasteiger partial charge in [0.1, 0.15) is 5.03 Å². The predicted molar refractivity (Wildman–Crippen MR) is 85.6 cm³/mol. The van der Waals surface area contributed by atoms with Crippen molar-refractivity contribution < 1.29 is 0 Å². The highest BCUT2D eigenvalue weighted by molar-refractivity contribution is 8.00. The second kappa shape index (κ2) is 4.47. The van der Waals surface area contributed by atoms with Gasteiger partial charge in [-0.1, -0.05) is 18.6 Å². The van der Waals surface area contributed by atoms with Crippen molar-refractivity contribution in [2.75, 3.05) is 0 Å². The molecule has 2 saturated carbocycles. The Morgan fingerprint density at radius 1 is 1.10 bits per heavy atom. The minimum Gasteiger partial charge on any atom is -0.295 e. The smallest absolute Gasteiger partial charge is 0.123 e. The first-order chi connectivity index (χ1) is 10.4. The first-order valence-corrected chi connectivity index (χ1v) is 8.64. The molecule has 3 aromatic rings. The van der Waals surface area contributed by atoms with E-state index in [1.54, 1.807) is 0 Å². The quantitative estimate of drug-likeness (QED) is 0.711. The van der Waals surface area contributed by atoms with Gasteiger partial charge in [-0.15, -0.1) is 11.8 Å². The number of imidazole rings is 1. The maximum Gasteiger partial charge on any atom is 0.123 e. The van der Waals surface area contributed by atoms with Crippen molar-refractivity contribution in [3.8, 4) is 0 Å². The minimum atomic E-state index is 0.760. The van der Waals surface area contributed by atoms with Crippen LogP contribution in [0.4, 0.5) is 0 Å². The molecule has 106 valence electrons. The molecule has 0 spiro atoms. The van der Waals surface area contributed by atoms with Crippen molar-refractivity contribution in [3.63, 3.8) is 0 Å². The molecule has 3 nitrogen and oxygen atoms in total. The van der Waals surface area contributed by atoms with Crippen LogP contribution in [0, 0.1) is 11.8 Å². The maximum atomic E-state index is 4.92. The second-order valence-corrected chi connectivity index (χ2v) is 7.61. The van der Waals surface area contributed by atoms with Crippen LogP contribution in [0.3, 0.4) is 0 Å². The molecule has 0 amide bonds. The summed E-state index contributed by atoms with van der Waals surface area (Å²) in [6, 6.07) is 8.33. The minimum absolute atomic E-state index is 0.760. The van der Waals surface area contributed by atoms with E-state index < -0.39 is 0 Å². The van der Waals surface area contributed by atoms with Crippen molar-refractivity contribution in [3.05, 3.63) is 36.8 Å². The number of fused-ring (bicyclic) bond motifs is 5. The zero-order chi connectivity index (χ0) is 13.8. The molecule has 0 unspecified atom stereocenters. The standard InChI is InChI=1S/C17H17N3S/c1-2-4-14-13(3-1)19-17(15-9-18-10-20(14)15)21-16-8-11-5-6-12(16)7-11/h1-4,9-12,16H,5-8H2/t11-,12+,16+/m0/s1. The Morgan fingerprint density at radius 3 is 2.90 bits per heavy atom. The second-order valence-electron chi connectivity index (χ2n) is 6.39. The van der Waals surface area contributed by atoms with E-state index in [9.17, 15) is 0 Å². The van der Waals surface area contributed by atoms with Crippen molar-refractivity contribution in [2.45, 2.75) is 36.0 Å². The third kappa shape index (κ3) is 1.81. The summed E-state index contributed by atoms with van der Waals surface area (Å²) in [7, 11) is 0.